The van der Waals surface area contributed by atoms with Crippen molar-refractivity contribution >= 4 is 5.69 Å². The Labute approximate surface area is 118 Å². The van der Waals surface area contributed by atoms with Crippen LogP contribution < -0.4 is 5.73 Å². The van der Waals surface area contributed by atoms with Crippen LogP contribution >= 0.6 is 0 Å². The van der Waals surface area contributed by atoms with Crippen molar-refractivity contribution in [2.45, 2.75) is 58.5 Å². The second-order valence-electron chi connectivity index (χ2n) is 6.23. The van der Waals surface area contributed by atoms with Gasteiger partial charge in [-0.3, -0.25) is 4.90 Å². The Morgan fingerprint density at radius 1 is 1.16 bits per heavy atom. The summed E-state index contributed by atoms with van der Waals surface area (Å²) in [6, 6.07) is 8.85. The minimum atomic E-state index is 0.585. The first-order chi connectivity index (χ1) is 9.16. The van der Waals surface area contributed by atoms with Crippen LogP contribution in [0.4, 0.5) is 5.69 Å². The molecule has 1 aliphatic rings. The first kappa shape index (κ1) is 14.4. The maximum atomic E-state index is 6.08. The molecule has 2 rings (SSSR count). The van der Waals surface area contributed by atoms with Gasteiger partial charge in [0.25, 0.3) is 0 Å². The van der Waals surface area contributed by atoms with Gasteiger partial charge in [0.15, 0.2) is 0 Å². The fourth-order valence-corrected chi connectivity index (χ4v) is 3.06. The molecular weight excluding hydrogens is 232 g/mol. The molecule has 0 saturated heterocycles. The second-order valence-corrected chi connectivity index (χ2v) is 6.23. The predicted octanol–water partition coefficient (Wildman–Crippen LogP) is 4.06. The lowest BCUT2D eigenvalue weighted by Crippen LogP contribution is -2.35. The summed E-state index contributed by atoms with van der Waals surface area (Å²) in [6.07, 6.45) is 7.10. The van der Waals surface area contributed by atoms with Crippen molar-refractivity contribution in [2.75, 3.05) is 12.3 Å². The maximum Gasteiger partial charge on any atom is 0.0359 e. The van der Waals surface area contributed by atoms with E-state index in [1.165, 1.54) is 44.2 Å². The molecule has 2 heteroatoms. The molecule has 0 spiro atoms. The van der Waals surface area contributed by atoms with Crippen molar-refractivity contribution in [2.24, 2.45) is 5.92 Å². The Balaban J connectivity index is 1.97. The smallest absolute Gasteiger partial charge is 0.0359 e. The largest absolute Gasteiger partial charge is 0.398 e. The Morgan fingerprint density at radius 3 is 2.47 bits per heavy atom. The zero-order valence-corrected chi connectivity index (χ0v) is 12.4. The van der Waals surface area contributed by atoms with Gasteiger partial charge in [-0.1, -0.05) is 37.5 Å². The highest BCUT2D eigenvalue weighted by molar-refractivity contribution is 5.46. The summed E-state index contributed by atoms with van der Waals surface area (Å²) < 4.78 is 0. The first-order valence-corrected chi connectivity index (χ1v) is 7.74. The summed E-state index contributed by atoms with van der Waals surface area (Å²) in [5.41, 5.74) is 8.27. The zero-order valence-electron chi connectivity index (χ0n) is 12.4. The SMILES string of the molecule is CC(C)N(Cc1ccccc1N)CC1CCCCC1. The summed E-state index contributed by atoms with van der Waals surface area (Å²) in [6.45, 7) is 6.80. The number of hydrogen-bond donors (Lipinski definition) is 1. The van der Waals surface area contributed by atoms with Crippen molar-refractivity contribution in [3.05, 3.63) is 29.8 Å². The van der Waals surface area contributed by atoms with E-state index >= 15 is 0 Å². The molecule has 1 aromatic carbocycles. The van der Waals surface area contributed by atoms with Gasteiger partial charge in [0, 0.05) is 24.8 Å². The minimum absolute atomic E-state index is 0.585. The summed E-state index contributed by atoms with van der Waals surface area (Å²) in [7, 11) is 0. The Hall–Kier alpha value is -1.02. The third-order valence-corrected chi connectivity index (χ3v) is 4.38. The Kier molecular flexibility index (Phi) is 5.26. The molecule has 1 fully saturated rings. The number of anilines is 1. The lowest BCUT2D eigenvalue weighted by Gasteiger charge is -2.32. The van der Waals surface area contributed by atoms with Crippen LogP contribution in [0.15, 0.2) is 24.3 Å². The highest BCUT2D eigenvalue weighted by Crippen LogP contribution is 2.26. The molecule has 0 radical (unpaired) electrons. The molecule has 0 aromatic heterocycles. The molecule has 1 aromatic rings. The van der Waals surface area contributed by atoms with Gasteiger partial charge < -0.3 is 5.73 Å². The molecule has 1 saturated carbocycles. The standard InChI is InChI=1S/C17H28N2/c1-14(2)19(12-15-8-4-3-5-9-15)13-16-10-6-7-11-17(16)18/h6-7,10-11,14-15H,3-5,8-9,12-13,18H2,1-2H3. The molecule has 2 N–H and O–H groups in total. The number of nitrogen functional groups attached to an aromatic ring is 1. The van der Waals surface area contributed by atoms with Crippen LogP contribution in [-0.2, 0) is 6.54 Å². The topological polar surface area (TPSA) is 29.3 Å². The van der Waals surface area contributed by atoms with E-state index in [-0.39, 0.29) is 0 Å². The molecular formula is C17H28N2. The first-order valence-electron chi connectivity index (χ1n) is 7.74. The summed E-state index contributed by atoms with van der Waals surface area (Å²) >= 11 is 0. The minimum Gasteiger partial charge on any atom is -0.398 e. The van der Waals surface area contributed by atoms with Crippen molar-refractivity contribution in [1.82, 2.24) is 4.90 Å². The number of rotatable bonds is 5. The molecule has 0 amide bonds. The van der Waals surface area contributed by atoms with E-state index in [1.54, 1.807) is 0 Å². The van der Waals surface area contributed by atoms with E-state index in [2.05, 4.69) is 30.9 Å². The third kappa shape index (κ3) is 4.24. The number of hydrogen-bond acceptors (Lipinski definition) is 2. The maximum absolute atomic E-state index is 6.08. The van der Waals surface area contributed by atoms with Crippen molar-refractivity contribution < 1.29 is 0 Å². The van der Waals surface area contributed by atoms with E-state index < -0.39 is 0 Å². The van der Waals surface area contributed by atoms with Gasteiger partial charge in [-0.15, -0.1) is 0 Å². The average molecular weight is 260 g/mol. The molecule has 0 atom stereocenters. The highest BCUT2D eigenvalue weighted by atomic mass is 15.1. The zero-order chi connectivity index (χ0) is 13.7. The van der Waals surface area contributed by atoms with Gasteiger partial charge >= 0.3 is 0 Å². The fraction of sp³-hybridized carbons (Fsp3) is 0.647. The average Bonchev–Trinajstić information content (AvgIpc) is 2.41. The lowest BCUT2D eigenvalue weighted by atomic mass is 9.88. The van der Waals surface area contributed by atoms with Gasteiger partial charge in [0.05, 0.1) is 0 Å². The summed E-state index contributed by atoms with van der Waals surface area (Å²) in [5, 5.41) is 0. The summed E-state index contributed by atoms with van der Waals surface area (Å²) in [4.78, 5) is 2.58. The molecule has 2 nitrogen and oxygen atoms in total. The quantitative estimate of drug-likeness (QED) is 0.809. The van der Waals surface area contributed by atoms with Crippen LogP contribution in [0.2, 0.25) is 0 Å². The van der Waals surface area contributed by atoms with Crippen LogP contribution in [0.1, 0.15) is 51.5 Å². The van der Waals surface area contributed by atoms with Crippen LogP contribution in [0.3, 0.4) is 0 Å². The van der Waals surface area contributed by atoms with Crippen molar-refractivity contribution in [3.8, 4) is 0 Å². The highest BCUT2D eigenvalue weighted by Gasteiger charge is 2.19. The summed E-state index contributed by atoms with van der Waals surface area (Å²) in [5.74, 6) is 0.890. The third-order valence-electron chi connectivity index (χ3n) is 4.38. The number of para-hydroxylation sites is 1. The second kappa shape index (κ2) is 6.95. The van der Waals surface area contributed by atoms with Gasteiger partial charge in [0.1, 0.15) is 0 Å². The van der Waals surface area contributed by atoms with Gasteiger partial charge in [0.2, 0.25) is 0 Å². The van der Waals surface area contributed by atoms with Gasteiger partial charge in [-0.2, -0.15) is 0 Å². The van der Waals surface area contributed by atoms with E-state index in [0.717, 1.165) is 18.2 Å². The monoisotopic (exact) mass is 260 g/mol. The fourth-order valence-electron chi connectivity index (χ4n) is 3.06. The van der Waals surface area contributed by atoms with Crippen molar-refractivity contribution in [1.29, 1.82) is 0 Å². The van der Waals surface area contributed by atoms with Crippen LogP contribution in [0.25, 0.3) is 0 Å². The Morgan fingerprint density at radius 2 is 1.84 bits per heavy atom. The van der Waals surface area contributed by atoms with E-state index in [9.17, 15) is 0 Å². The molecule has 0 bridgehead atoms. The van der Waals surface area contributed by atoms with E-state index in [4.69, 9.17) is 5.73 Å². The predicted molar refractivity (Wildman–Crippen MR) is 83.0 cm³/mol. The van der Waals surface area contributed by atoms with E-state index in [0.29, 0.717) is 6.04 Å². The molecule has 1 aliphatic carbocycles. The molecule has 0 unspecified atom stereocenters. The normalized spacial score (nSPS) is 17.3. The number of nitrogens with zero attached hydrogens (tertiary/aromatic N) is 1. The number of nitrogens with two attached hydrogens (primary N) is 1. The van der Waals surface area contributed by atoms with Crippen LogP contribution in [0.5, 0.6) is 0 Å². The van der Waals surface area contributed by atoms with Gasteiger partial charge in [-0.25, -0.2) is 0 Å². The van der Waals surface area contributed by atoms with Crippen molar-refractivity contribution in [3.63, 3.8) is 0 Å². The molecule has 19 heavy (non-hydrogen) atoms. The van der Waals surface area contributed by atoms with Gasteiger partial charge in [-0.05, 0) is 44.2 Å². The van der Waals surface area contributed by atoms with Crippen LogP contribution in [0, 0.1) is 5.92 Å². The molecule has 0 aliphatic heterocycles. The van der Waals surface area contributed by atoms with Crippen LogP contribution in [-0.4, -0.2) is 17.5 Å². The lowest BCUT2D eigenvalue weighted by molar-refractivity contribution is 0.158. The molecule has 0 heterocycles. The molecule has 106 valence electrons. The Bertz CT molecular complexity index is 381. The number of benzene rings is 1. The van der Waals surface area contributed by atoms with E-state index in [1.807, 2.05) is 12.1 Å².